The third-order valence-corrected chi connectivity index (χ3v) is 4.20. The van der Waals surface area contributed by atoms with Gasteiger partial charge in [-0.25, -0.2) is 0 Å². The van der Waals surface area contributed by atoms with E-state index in [0.29, 0.717) is 6.35 Å². The molecule has 0 aromatic carbocycles. The van der Waals surface area contributed by atoms with Gasteiger partial charge in [-0.2, -0.15) is 0 Å². The van der Waals surface area contributed by atoms with Crippen LogP contribution < -0.4 is 0 Å². The minimum absolute atomic E-state index is 0.451. The average Bonchev–Trinajstić information content (AvgIpc) is 1.84. The van der Waals surface area contributed by atoms with E-state index < -0.39 is 7.14 Å². The first kappa shape index (κ1) is 9.45. The van der Waals surface area contributed by atoms with E-state index in [4.69, 9.17) is 5.11 Å². The zero-order valence-corrected chi connectivity index (χ0v) is 7.78. The van der Waals surface area contributed by atoms with Crippen LogP contribution in [0, 0.1) is 0 Å². The van der Waals surface area contributed by atoms with Crippen molar-refractivity contribution >= 4 is 14.7 Å². The van der Waals surface area contributed by atoms with Gasteiger partial charge in [-0.05, 0) is 0 Å². The number of unbranched alkanes of at least 4 members (excludes halogenated alkanes) is 1. The second-order valence-corrected chi connectivity index (χ2v) is 8.57. The summed E-state index contributed by atoms with van der Waals surface area (Å²) in [5.41, 5.74) is 0. The Bertz CT molecular complexity index is 75.5. The summed E-state index contributed by atoms with van der Waals surface area (Å²) in [6, 6.07) is 0. The van der Waals surface area contributed by atoms with Gasteiger partial charge in [0.15, 0.2) is 0 Å². The molecule has 1 N–H and O–H groups in total. The van der Waals surface area contributed by atoms with E-state index in [1.165, 1.54) is 19.0 Å². The van der Waals surface area contributed by atoms with Crippen molar-refractivity contribution in [3.8, 4) is 0 Å². The molecule has 9 heavy (non-hydrogen) atoms. The van der Waals surface area contributed by atoms with Crippen LogP contribution >= 0.6 is 7.14 Å². The van der Waals surface area contributed by atoms with Crippen LogP contribution in [0.3, 0.4) is 0 Å². The summed E-state index contributed by atoms with van der Waals surface area (Å²) in [7, 11) is 1.10. The number of rotatable bonds is 4. The van der Waals surface area contributed by atoms with Gasteiger partial charge in [-0.1, -0.05) is 0 Å². The van der Waals surface area contributed by atoms with Gasteiger partial charge in [0, 0.05) is 0 Å². The zero-order valence-electron chi connectivity index (χ0n) is 6.78. The molecular weight excluding hydrogens is 130 g/mol. The second kappa shape index (κ2) is 4.30. The monoisotopic (exact) mass is 148 g/mol. The first-order valence-corrected chi connectivity index (χ1v) is 7.14. The van der Waals surface area contributed by atoms with Crippen molar-refractivity contribution in [3.05, 3.63) is 0 Å². The van der Waals surface area contributed by atoms with Crippen molar-refractivity contribution in [2.45, 2.75) is 19.8 Å². The Morgan fingerprint density at radius 3 is 2.44 bits per heavy atom. The summed E-state index contributed by atoms with van der Waals surface area (Å²) < 4.78 is 0. The van der Waals surface area contributed by atoms with E-state index in [2.05, 4.69) is 21.2 Å². The number of hydrogen-bond acceptors (Lipinski definition) is 1. The standard InChI is InChI=1S/C6H18BOP/c1-3-4-5-9(2,7)6-8/h8-9H,3-7H2,1-2H3. The molecule has 0 fully saturated rings. The van der Waals surface area contributed by atoms with Crippen molar-refractivity contribution in [2.75, 3.05) is 19.2 Å². The van der Waals surface area contributed by atoms with Crippen LogP contribution in [0.1, 0.15) is 19.8 Å². The molecule has 0 atom stereocenters. The molecule has 0 unspecified atom stereocenters. The van der Waals surface area contributed by atoms with Crippen LogP contribution in [0.25, 0.3) is 0 Å². The van der Waals surface area contributed by atoms with E-state index >= 15 is 0 Å². The van der Waals surface area contributed by atoms with Crippen molar-refractivity contribution < 1.29 is 5.11 Å². The summed E-state index contributed by atoms with van der Waals surface area (Å²) in [4.78, 5) is 0. The van der Waals surface area contributed by atoms with Crippen LogP contribution in [0.2, 0.25) is 0 Å². The summed E-state index contributed by atoms with van der Waals surface area (Å²) in [6.07, 6.45) is 4.28. The third-order valence-electron chi connectivity index (χ3n) is 1.64. The molecule has 56 valence electrons. The SMILES string of the molecule is B[PH](C)(CO)CCCC. The summed E-state index contributed by atoms with van der Waals surface area (Å²) in [5.74, 6) is 0. The molecule has 0 radical (unpaired) electrons. The Kier molecular flexibility index (Phi) is 4.52. The van der Waals surface area contributed by atoms with Crippen molar-refractivity contribution in [1.82, 2.24) is 0 Å². The van der Waals surface area contributed by atoms with Gasteiger partial charge >= 0.3 is 58.8 Å². The van der Waals surface area contributed by atoms with Gasteiger partial charge < -0.3 is 0 Å². The van der Waals surface area contributed by atoms with E-state index in [1.54, 1.807) is 0 Å². The molecule has 0 aromatic rings. The minimum atomic E-state index is -1.14. The third kappa shape index (κ3) is 4.93. The first-order valence-electron chi connectivity index (χ1n) is 3.73. The molecule has 0 rings (SSSR count). The fourth-order valence-corrected chi connectivity index (χ4v) is 2.20. The van der Waals surface area contributed by atoms with Crippen molar-refractivity contribution in [1.29, 1.82) is 0 Å². The molecule has 3 heteroatoms. The van der Waals surface area contributed by atoms with E-state index in [1.807, 2.05) is 0 Å². The molecule has 0 bridgehead atoms. The quantitative estimate of drug-likeness (QED) is 0.458. The van der Waals surface area contributed by atoms with Gasteiger partial charge in [0.2, 0.25) is 0 Å². The second-order valence-electron chi connectivity index (χ2n) is 3.43. The maximum absolute atomic E-state index is 8.88. The van der Waals surface area contributed by atoms with Crippen LogP contribution in [0.4, 0.5) is 0 Å². The summed E-state index contributed by atoms with van der Waals surface area (Å²) in [5, 5.41) is 8.88. The first-order chi connectivity index (χ1) is 4.12. The van der Waals surface area contributed by atoms with Crippen molar-refractivity contribution in [3.63, 3.8) is 0 Å². The van der Waals surface area contributed by atoms with E-state index in [-0.39, 0.29) is 0 Å². The van der Waals surface area contributed by atoms with E-state index in [0.717, 1.165) is 0 Å². The molecule has 0 amide bonds. The average molecular weight is 148 g/mol. The maximum atomic E-state index is 8.88. The van der Waals surface area contributed by atoms with Crippen LogP contribution in [-0.2, 0) is 0 Å². The van der Waals surface area contributed by atoms with Crippen molar-refractivity contribution in [2.24, 2.45) is 0 Å². The Morgan fingerprint density at radius 1 is 1.56 bits per heavy atom. The van der Waals surface area contributed by atoms with Gasteiger partial charge in [0.25, 0.3) is 0 Å². The van der Waals surface area contributed by atoms with Crippen LogP contribution in [-0.4, -0.2) is 31.8 Å². The number of aliphatic hydroxyl groups is 1. The Balaban J connectivity index is 3.33. The molecule has 0 saturated heterocycles. The van der Waals surface area contributed by atoms with Gasteiger partial charge in [0.05, 0.1) is 0 Å². The molecule has 0 aliphatic carbocycles. The molecule has 0 aromatic heterocycles. The fraction of sp³-hybridized carbons (Fsp3) is 1.00. The number of hydrogen-bond donors (Lipinski definition) is 1. The summed E-state index contributed by atoms with van der Waals surface area (Å²) in [6.45, 7) is 4.44. The molecule has 0 saturated carbocycles. The predicted octanol–water partition coefficient (Wildman–Crippen LogP) is 0.664. The normalized spacial score (nSPS) is 13.7. The van der Waals surface area contributed by atoms with Crippen LogP contribution in [0.15, 0.2) is 0 Å². The predicted molar refractivity (Wildman–Crippen MR) is 49.6 cm³/mol. The topological polar surface area (TPSA) is 20.2 Å². The Labute approximate surface area is 59.6 Å². The van der Waals surface area contributed by atoms with Gasteiger partial charge in [-0.15, -0.1) is 0 Å². The van der Waals surface area contributed by atoms with Crippen LogP contribution in [0.5, 0.6) is 0 Å². The number of aliphatic hydroxyl groups excluding tert-OH is 1. The van der Waals surface area contributed by atoms with Gasteiger partial charge in [0.1, 0.15) is 0 Å². The molecule has 1 nitrogen and oxygen atoms in total. The summed E-state index contributed by atoms with van der Waals surface area (Å²) >= 11 is 0. The fourth-order valence-electron chi connectivity index (χ4n) is 0.734. The molecule has 0 aliphatic rings. The molecule has 0 spiro atoms. The Morgan fingerprint density at radius 2 is 2.11 bits per heavy atom. The van der Waals surface area contributed by atoms with Gasteiger partial charge in [-0.3, -0.25) is 0 Å². The Hall–Kier alpha value is 0.455. The molecular formula is C6H18BOP. The molecule has 0 heterocycles. The van der Waals surface area contributed by atoms with E-state index in [9.17, 15) is 0 Å². The molecule has 0 aliphatic heterocycles. The zero-order chi connectivity index (χ0) is 7.33.